The highest BCUT2D eigenvalue weighted by atomic mass is 32.1. The van der Waals surface area contributed by atoms with Crippen molar-refractivity contribution in [2.24, 2.45) is 0 Å². The topological polar surface area (TPSA) is 85.4 Å². The molecular formula is C12H22N4O3S. The van der Waals surface area contributed by atoms with Crippen LogP contribution in [0.1, 0.15) is 39.5 Å². The van der Waals surface area contributed by atoms with Crippen LogP contribution in [0.2, 0.25) is 0 Å². The van der Waals surface area contributed by atoms with Gasteiger partial charge in [-0.3, -0.25) is 15.6 Å². The van der Waals surface area contributed by atoms with Crippen LogP contribution in [0.15, 0.2) is 0 Å². The number of carbonyl (C=O) groups is 1. The summed E-state index contributed by atoms with van der Waals surface area (Å²) in [5.41, 5.74) is 5.18. The second kappa shape index (κ2) is 10.4. The van der Waals surface area contributed by atoms with Crippen molar-refractivity contribution in [3.05, 3.63) is 0 Å². The summed E-state index contributed by atoms with van der Waals surface area (Å²) in [5, 5.41) is 0.485. The first kappa shape index (κ1) is 16.6. The van der Waals surface area contributed by atoms with Crippen LogP contribution in [0.3, 0.4) is 0 Å². The Hall–Kier alpha value is -1.41. The number of hydrogen-bond acceptors (Lipinski definition) is 7. The zero-order chi connectivity index (χ0) is 14.6. The first-order valence-corrected chi connectivity index (χ1v) is 7.62. The standard InChI is InChI=1S/C12H22N4O3S/c1-3-5-7-18-9-10(17)14-15-12-13-11(16-20-12)19-8-6-4-2/h3-9H2,1-2H3,(H,14,17)(H,13,15,16). The lowest BCUT2D eigenvalue weighted by Crippen LogP contribution is -2.32. The van der Waals surface area contributed by atoms with Crippen LogP contribution in [0.5, 0.6) is 6.01 Å². The predicted octanol–water partition coefficient (Wildman–Crippen LogP) is 1.98. The van der Waals surface area contributed by atoms with E-state index in [1.54, 1.807) is 0 Å². The van der Waals surface area contributed by atoms with E-state index in [0.717, 1.165) is 37.2 Å². The number of unbranched alkanes of at least 4 members (excludes halogenated alkanes) is 2. The number of hydrazine groups is 1. The van der Waals surface area contributed by atoms with Crippen molar-refractivity contribution in [1.29, 1.82) is 0 Å². The Morgan fingerprint density at radius 1 is 1.25 bits per heavy atom. The molecule has 1 rings (SSSR count). The summed E-state index contributed by atoms with van der Waals surface area (Å²) in [6.45, 7) is 5.39. The Bertz CT molecular complexity index is 387. The molecule has 0 radical (unpaired) electrons. The van der Waals surface area contributed by atoms with Gasteiger partial charge in [-0.15, -0.1) is 4.37 Å². The molecular weight excluding hydrogens is 280 g/mol. The van der Waals surface area contributed by atoms with Crippen molar-refractivity contribution in [2.45, 2.75) is 39.5 Å². The molecule has 0 saturated carbocycles. The van der Waals surface area contributed by atoms with Crippen LogP contribution in [-0.4, -0.2) is 35.1 Å². The minimum Gasteiger partial charge on any atom is -0.463 e. The number of amides is 1. The van der Waals surface area contributed by atoms with Gasteiger partial charge in [-0.1, -0.05) is 26.7 Å². The Balaban J connectivity index is 2.16. The number of aromatic nitrogens is 2. The molecule has 0 aliphatic carbocycles. The number of anilines is 1. The van der Waals surface area contributed by atoms with Crippen LogP contribution in [0.4, 0.5) is 5.13 Å². The maximum absolute atomic E-state index is 11.4. The van der Waals surface area contributed by atoms with E-state index in [-0.39, 0.29) is 12.5 Å². The smallest absolute Gasteiger partial charge is 0.330 e. The largest absolute Gasteiger partial charge is 0.463 e. The third-order valence-corrected chi connectivity index (χ3v) is 2.93. The molecule has 0 aliphatic rings. The SMILES string of the molecule is CCCCOCC(=O)NNc1nc(OCCCC)ns1. The summed E-state index contributed by atoms with van der Waals surface area (Å²) >= 11 is 1.13. The molecule has 0 aromatic carbocycles. The number of nitrogens with zero attached hydrogens (tertiary/aromatic N) is 2. The third-order valence-electron chi connectivity index (χ3n) is 2.32. The summed E-state index contributed by atoms with van der Waals surface area (Å²) in [5.74, 6) is -0.246. The van der Waals surface area contributed by atoms with Gasteiger partial charge in [0, 0.05) is 18.1 Å². The molecule has 8 heteroatoms. The lowest BCUT2D eigenvalue weighted by atomic mass is 10.4. The second-order valence-electron chi connectivity index (χ2n) is 4.16. The van der Waals surface area contributed by atoms with Crippen molar-refractivity contribution in [3.63, 3.8) is 0 Å². The van der Waals surface area contributed by atoms with E-state index in [2.05, 4.69) is 34.1 Å². The molecule has 1 heterocycles. The van der Waals surface area contributed by atoms with Gasteiger partial charge in [-0.25, -0.2) is 0 Å². The van der Waals surface area contributed by atoms with Gasteiger partial charge in [0.05, 0.1) is 6.61 Å². The summed E-state index contributed by atoms with van der Waals surface area (Å²) in [6.07, 6.45) is 4.03. The summed E-state index contributed by atoms with van der Waals surface area (Å²) in [4.78, 5) is 15.5. The highest BCUT2D eigenvalue weighted by Gasteiger charge is 2.06. The molecule has 0 saturated heterocycles. The van der Waals surface area contributed by atoms with Gasteiger partial charge in [0.1, 0.15) is 6.61 Å². The third kappa shape index (κ3) is 7.25. The lowest BCUT2D eigenvalue weighted by Gasteiger charge is -2.05. The Kier molecular flexibility index (Phi) is 8.64. The molecule has 2 N–H and O–H groups in total. The predicted molar refractivity (Wildman–Crippen MR) is 77.8 cm³/mol. The van der Waals surface area contributed by atoms with E-state index in [1.807, 2.05) is 0 Å². The van der Waals surface area contributed by atoms with Crippen LogP contribution < -0.4 is 15.6 Å². The van der Waals surface area contributed by atoms with Gasteiger partial charge in [0.15, 0.2) is 0 Å². The average Bonchev–Trinajstić information content (AvgIpc) is 2.90. The maximum atomic E-state index is 11.4. The molecule has 7 nitrogen and oxygen atoms in total. The number of nitrogens with one attached hydrogen (secondary N) is 2. The van der Waals surface area contributed by atoms with Crippen molar-refractivity contribution >= 4 is 22.6 Å². The molecule has 1 aromatic heterocycles. The Labute approximate surface area is 123 Å². The molecule has 1 amide bonds. The molecule has 0 unspecified atom stereocenters. The zero-order valence-electron chi connectivity index (χ0n) is 12.0. The van der Waals surface area contributed by atoms with E-state index < -0.39 is 0 Å². The summed E-state index contributed by atoms with van der Waals surface area (Å²) in [6, 6.07) is 0.333. The van der Waals surface area contributed by atoms with Gasteiger partial charge in [0.25, 0.3) is 5.91 Å². The van der Waals surface area contributed by atoms with Gasteiger partial charge >= 0.3 is 6.01 Å². The Morgan fingerprint density at radius 2 is 2.00 bits per heavy atom. The minimum absolute atomic E-state index is 0.0334. The molecule has 0 fully saturated rings. The first-order chi connectivity index (χ1) is 9.76. The van der Waals surface area contributed by atoms with Crippen LogP contribution in [0.25, 0.3) is 0 Å². The fraction of sp³-hybridized carbons (Fsp3) is 0.750. The molecule has 1 aromatic rings. The quantitative estimate of drug-likeness (QED) is 0.480. The summed E-state index contributed by atoms with van der Waals surface area (Å²) in [7, 11) is 0. The van der Waals surface area contributed by atoms with Crippen LogP contribution in [-0.2, 0) is 9.53 Å². The highest BCUT2D eigenvalue weighted by molar-refractivity contribution is 7.09. The molecule has 0 aliphatic heterocycles. The fourth-order valence-corrected chi connectivity index (χ4v) is 1.67. The van der Waals surface area contributed by atoms with E-state index in [9.17, 15) is 4.79 Å². The molecule has 0 atom stereocenters. The van der Waals surface area contributed by atoms with Crippen molar-refractivity contribution in [2.75, 3.05) is 25.2 Å². The van der Waals surface area contributed by atoms with Gasteiger partial charge in [-0.05, 0) is 12.8 Å². The molecule has 20 heavy (non-hydrogen) atoms. The second-order valence-corrected chi connectivity index (χ2v) is 4.92. The number of ether oxygens (including phenoxy) is 2. The van der Waals surface area contributed by atoms with Crippen LogP contribution >= 0.6 is 11.5 Å². The van der Waals surface area contributed by atoms with E-state index >= 15 is 0 Å². The van der Waals surface area contributed by atoms with E-state index in [0.29, 0.717) is 24.4 Å². The van der Waals surface area contributed by atoms with Crippen LogP contribution in [0, 0.1) is 0 Å². The number of carbonyl (C=O) groups excluding carboxylic acids is 1. The minimum atomic E-state index is -0.246. The van der Waals surface area contributed by atoms with Crippen molar-refractivity contribution < 1.29 is 14.3 Å². The van der Waals surface area contributed by atoms with Gasteiger partial charge in [-0.2, -0.15) is 4.98 Å². The fourth-order valence-electron chi connectivity index (χ4n) is 1.20. The molecule has 0 bridgehead atoms. The monoisotopic (exact) mass is 302 g/mol. The summed E-state index contributed by atoms with van der Waals surface area (Å²) < 4.78 is 14.5. The maximum Gasteiger partial charge on any atom is 0.330 e. The number of rotatable bonds is 11. The zero-order valence-corrected chi connectivity index (χ0v) is 12.8. The highest BCUT2D eigenvalue weighted by Crippen LogP contribution is 2.15. The molecule has 114 valence electrons. The normalized spacial score (nSPS) is 10.3. The Morgan fingerprint density at radius 3 is 2.75 bits per heavy atom. The van der Waals surface area contributed by atoms with Crippen molar-refractivity contribution in [3.8, 4) is 6.01 Å². The number of hydrogen-bond donors (Lipinski definition) is 2. The van der Waals surface area contributed by atoms with Gasteiger partial charge in [0.2, 0.25) is 5.13 Å². The lowest BCUT2D eigenvalue weighted by molar-refractivity contribution is -0.125. The van der Waals surface area contributed by atoms with Gasteiger partial charge < -0.3 is 9.47 Å². The van der Waals surface area contributed by atoms with Crippen molar-refractivity contribution in [1.82, 2.24) is 14.8 Å². The van der Waals surface area contributed by atoms with E-state index in [4.69, 9.17) is 9.47 Å². The molecule has 0 spiro atoms. The average molecular weight is 302 g/mol. The van der Waals surface area contributed by atoms with E-state index in [1.165, 1.54) is 0 Å². The first-order valence-electron chi connectivity index (χ1n) is 6.85.